The van der Waals surface area contributed by atoms with Crippen molar-refractivity contribution in [2.75, 3.05) is 0 Å². The SMILES string of the molecule is C.P.S.[Cr].[Fe].[Mn].[Mo].[Ni].[Si].[V]. The molecule has 1 atom stereocenters. The molecule has 0 amide bonds. The first kappa shape index (κ1) is 136. The van der Waals surface area contributed by atoms with Gasteiger partial charge in [0.15, 0.2) is 0 Å². The quantitative estimate of drug-likeness (QED) is 0.348. The summed E-state index contributed by atoms with van der Waals surface area (Å²) in [5.74, 6) is 0. The Kier molecular flexibility index (Phi) is 1460. The molecule has 70 valence electrons. The van der Waals surface area contributed by atoms with Crippen molar-refractivity contribution >= 4 is 34.4 Å². The Morgan fingerprint density at radius 2 is 1.00 bits per heavy atom. The third-order valence-corrected chi connectivity index (χ3v) is 0. The van der Waals surface area contributed by atoms with Crippen LogP contribution in [0, 0.1) is 0 Å². The maximum absolute atomic E-state index is 0. The Balaban J connectivity index is 0. The van der Waals surface area contributed by atoms with Gasteiger partial charge in [-0.1, -0.05) is 7.43 Å². The molecule has 0 aliphatic rings. The van der Waals surface area contributed by atoms with Crippen LogP contribution in [0.5, 0.6) is 0 Å². The monoisotopic (exact) mass is 482 g/mol. The van der Waals surface area contributed by atoms with Gasteiger partial charge < -0.3 is 0 Å². The minimum absolute atomic E-state index is 0. The normalized spacial score (nSPS) is 0. The third-order valence-electron chi connectivity index (χ3n) is 0. The summed E-state index contributed by atoms with van der Waals surface area (Å²) in [6, 6.07) is 0. The van der Waals surface area contributed by atoms with E-state index in [4.69, 9.17) is 0 Å². The van der Waals surface area contributed by atoms with Crippen LogP contribution in [0.2, 0.25) is 0 Å². The Hall–Kier alpha value is 4.33. The Morgan fingerprint density at radius 3 is 1.00 bits per heavy atom. The molecule has 0 heterocycles. The molecule has 0 saturated carbocycles. The van der Waals surface area contributed by atoms with Crippen LogP contribution in [0.3, 0.4) is 0 Å². The van der Waals surface area contributed by atoms with Crippen molar-refractivity contribution in [3.05, 3.63) is 0 Å². The van der Waals surface area contributed by atoms with E-state index in [1.165, 1.54) is 0 Å². The Labute approximate surface area is 147 Å². The van der Waals surface area contributed by atoms with Gasteiger partial charge in [-0.25, -0.2) is 0 Å². The molecule has 0 nitrogen and oxygen atoms in total. The van der Waals surface area contributed by atoms with E-state index in [0.29, 0.717) is 0 Å². The molecular weight excluding hydrogens is 471 g/mol. The molecule has 0 fully saturated rings. The van der Waals surface area contributed by atoms with Crippen molar-refractivity contribution < 1.29 is 108 Å². The zero-order valence-electron chi connectivity index (χ0n) is 4.02. The van der Waals surface area contributed by atoms with Gasteiger partial charge in [0.2, 0.25) is 0 Å². The fraction of sp³-hybridized carbons (Fsp3) is 1.00. The summed E-state index contributed by atoms with van der Waals surface area (Å²) in [7, 11) is 0. The van der Waals surface area contributed by atoms with Gasteiger partial charge in [0, 0.05) is 119 Å². The van der Waals surface area contributed by atoms with Gasteiger partial charge in [-0.2, -0.15) is 23.4 Å². The van der Waals surface area contributed by atoms with Crippen LogP contribution >= 0.6 is 23.4 Å². The van der Waals surface area contributed by atoms with Crippen molar-refractivity contribution in [3.8, 4) is 0 Å². The molecule has 9 heteroatoms. The minimum Gasteiger partial charge on any atom is -0.197 e. The molecule has 0 aromatic carbocycles. The first-order valence-electron chi connectivity index (χ1n) is 0. The molecule has 0 spiro atoms. The van der Waals surface area contributed by atoms with Gasteiger partial charge in [-0.05, 0) is 0 Å². The van der Waals surface area contributed by atoms with E-state index in [2.05, 4.69) is 0 Å². The van der Waals surface area contributed by atoms with Gasteiger partial charge in [0.1, 0.15) is 0 Å². The maximum atomic E-state index is 0. The molecule has 0 aromatic heterocycles. The van der Waals surface area contributed by atoms with Crippen LogP contribution in [0.15, 0.2) is 0 Å². The van der Waals surface area contributed by atoms with Gasteiger partial charge >= 0.3 is 0 Å². The molecule has 0 aliphatic heterocycles. The zero-order chi connectivity index (χ0) is 0. The van der Waals surface area contributed by atoms with E-state index in [0.717, 1.165) is 0 Å². The van der Waals surface area contributed by atoms with Crippen molar-refractivity contribution in [3.63, 3.8) is 0 Å². The summed E-state index contributed by atoms with van der Waals surface area (Å²) in [5.41, 5.74) is 0. The molecule has 0 bridgehead atoms. The minimum atomic E-state index is 0. The molecular formula is CH9CrFeMnMoNiPSSiV. The fourth-order valence-corrected chi connectivity index (χ4v) is 0. The predicted octanol–water partition coefficient (Wildman–Crippen LogP) is 0.411. The smallest absolute Gasteiger partial charge is 0 e. The van der Waals surface area contributed by atoms with Crippen LogP contribution in [0.25, 0.3) is 0 Å². The molecule has 6 radical (unpaired) electrons. The van der Waals surface area contributed by atoms with E-state index >= 15 is 0 Å². The maximum Gasteiger partial charge on any atom is 0 e. The second-order valence-electron chi connectivity index (χ2n) is 0. The van der Waals surface area contributed by atoms with Crippen LogP contribution < -0.4 is 0 Å². The summed E-state index contributed by atoms with van der Waals surface area (Å²) < 4.78 is 0. The number of hydrogen-bond donors (Lipinski definition) is 0. The van der Waals surface area contributed by atoms with Crippen molar-refractivity contribution in [1.82, 2.24) is 0 Å². The van der Waals surface area contributed by atoms with Gasteiger partial charge in [-0.3, -0.25) is 0 Å². The average molecular weight is 481 g/mol. The third kappa shape index (κ3) is 84.3. The van der Waals surface area contributed by atoms with E-state index < -0.39 is 0 Å². The second-order valence-corrected chi connectivity index (χ2v) is 0. The molecule has 0 aliphatic carbocycles. The number of rotatable bonds is 0. The molecule has 0 aromatic rings. The second kappa shape index (κ2) is 108. The topological polar surface area (TPSA) is 0 Å². The van der Waals surface area contributed by atoms with Crippen LogP contribution in [0.4, 0.5) is 0 Å². The summed E-state index contributed by atoms with van der Waals surface area (Å²) in [4.78, 5) is 0. The molecule has 0 saturated heterocycles. The van der Waals surface area contributed by atoms with Crippen molar-refractivity contribution in [2.45, 2.75) is 7.43 Å². The first-order valence-corrected chi connectivity index (χ1v) is 0. The average Bonchev–Trinajstić information content (AvgIpc) is 0. The summed E-state index contributed by atoms with van der Waals surface area (Å²) in [6.45, 7) is 0. The molecule has 1 unspecified atom stereocenters. The van der Waals surface area contributed by atoms with Crippen molar-refractivity contribution in [2.24, 2.45) is 0 Å². The van der Waals surface area contributed by atoms with Gasteiger partial charge in [-0.15, -0.1) is 0 Å². The predicted molar refractivity (Wildman–Crippen MR) is 34.0 cm³/mol. The largest absolute Gasteiger partial charge is 0.197 e. The first-order chi connectivity index (χ1) is 0. The summed E-state index contributed by atoms with van der Waals surface area (Å²) in [5, 5.41) is 0. The van der Waals surface area contributed by atoms with E-state index in [1.807, 2.05) is 0 Å². The fourth-order valence-electron chi connectivity index (χ4n) is 0. The molecule has 0 rings (SSSR count). The van der Waals surface area contributed by atoms with Crippen LogP contribution in [-0.4, -0.2) is 11.0 Å². The molecule has 10 heavy (non-hydrogen) atoms. The van der Waals surface area contributed by atoms with Crippen LogP contribution in [-0.2, 0) is 108 Å². The van der Waals surface area contributed by atoms with Crippen LogP contribution in [0.1, 0.15) is 7.43 Å². The standard InChI is InChI=1S/CH4.Cr.Fe.Mn.Mo.Ni.H3P.H2S.Si.V/h1H4;;;;;;1H3;1H2;;. The van der Waals surface area contributed by atoms with Gasteiger partial charge in [0.25, 0.3) is 0 Å². The summed E-state index contributed by atoms with van der Waals surface area (Å²) >= 11 is 0. The Morgan fingerprint density at radius 1 is 1.00 bits per heavy atom. The van der Waals surface area contributed by atoms with E-state index in [-0.39, 0.29) is 149 Å². The van der Waals surface area contributed by atoms with Gasteiger partial charge in [0.05, 0.1) is 0 Å². The van der Waals surface area contributed by atoms with Crippen molar-refractivity contribution in [1.29, 1.82) is 0 Å². The number of hydrogen-bond acceptors (Lipinski definition) is 0. The zero-order valence-corrected chi connectivity index (χ0v) is 15.4. The summed E-state index contributed by atoms with van der Waals surface area (Å²) in [6.07, 6.45) is 0. The van der Waals surface area contributed by atoms with E-state index in [9.17, 15) is 0 Å². The Bertz CT molecular complexity index is 33.2. The molecule has 0 N–H and O–H groups in total. The van der Waals surface area contributed by atoms with E-state index in [1.54, 1.807) is 0 Å².